The zero-order valence-electron chi connectivity index (χ0n) is 12.3. The molecule has 0 aliphatic rings. The highest BCUT2D eigenvalue weighted by atomic mass is 32.1. The van der Waals surface area contributed by atoms with Crippen LogP contribution in [0.15, 0.2) is 42.1 Å². The number of Topliss-reactive ketones (excluding diaryl/α,β-unsaturated/α-hetero) is 1. The topological polar surface area (TPSA) is 56.6 Å². The minimum Gasteiger partial charge on any atom is -0.360 e. The van der Waals surface area contributed by atoms with E-state index >= 15 is 0 Å². The predicted octanol–water partition coefficient (Wildman–Crippen LogP) is 4.64. The number of benzene rings is 1. The van der Waals surface area contributed by atoms with Crippen molar-refractivity contribution < 1.29 is 4.79 Å². The summed E-state index contributed by atoms with van der Waals surface area (Å²) in [5.41, 5.74) is 2.64. The van der Waals surface area contributed by atoms with Gasteiger partial charge in [-0.1, -0.05) is 12.1 Å². The summed E-state index contributed by atoms with van der Waals surface area (Å²) < 4.78 is 0. The molecule has 0 aliphatic carbocycles. The zero-order valence-corrected chi connectivity index (χ0v) is 13.1. The maximum atomic E-state index is 12.7. The molecule has 2 heterocycles. The largest absolute Gasteiger partial charge is 0.360 e. The van der Waals surface area contributed by atoms with Crippen LogP contribution < -0.4 is 0 Å². The molecule has 0 amide bonds. The van der Waals surface area contributed by atoms with Gasteiger partial charge in [0.05, 0.1) is 0 Å². The van der Waals surface area contributed by atoms with E-state index in [1.54, 1.807) is 23.6 Å². The summed E-state index contributed by atoms with van der Waals surface area (Å²) in [7, 11) is 0. The first-order chi connectivity index (χ1) is 10.6. The van der Waals surface area contributed by atoms with Crippen molar-refractivity contribution in [2.45, 2.75) is 13.8 Å². The second kappa shape index (κ2) is 5.63. The molecule has 22 heavy (non-hydrogen) atoms. The fourth-order valence-electron chi connectivity index (χ4n) is 2.51. The summed E-state index contributed by atoms with van der Waals surface area (Å²) in [5.74, 6) is -0.242. The number of hydrogen-bond acceptors (Lipinski definition) is 3. The number of H-pyrrole nitrogens is 1. The molecule has 1 N–H and O–H groups in total. The first-order valence-corrected chi connectivity index (χ1v) is 7.71. The summed E-state index contributed by atoms with van der Waals surface area (Å²) in [6.07, 6.45) is 3.35. The van der Waals surface area contributed by atoms with Crippen LogP contribution in [0.25, 0.3) is 17.0 Å². The summed E-state index contributed by atoms with van der Waals surface area (Å²) in [5, 5.41) is 10.2. The molecule has 3 rings (SSSR count). The highest BCUT2D eigenvalue weighted by Gasteiger charge is 2.18. The van der Waals surface area contributed by atoms with Gasteiger partial charge >= 0.3 is 0 Å². The van der Waals surface area contributed by atoms with Gasteiger partial charge in [-0.2, -0.15) is 5.26 Å². The third-order valence-electron chi connectivity index (χ3n) is 3.57. The normalized spacial score (nSPS) is 11.6. The van der Waals surface area contributed by atoms with E-state index in [1.165, 1.54) is 0 Å². The van der Waals surface area contributed by atoms with Crippen molar-refractivity contribution in [3.05, 3.63) is 63.0 Å². The Labute approximate surface area is 132 Å². The van der Waals surface area contributed by atoms with Crippen molar-refractivity contribution in [1.29, 1.82) is 5.26 Å². The molecule has 0 aliphatic heterocycles. The van der Waals surface area contributed by atoms with E-state index in [1.807, 2.05) is 50.2 Å². The first-order valence-electron chi connectivity index (χ1n) is 6.90. The molecule has 0 unspecified atom stereocenters. The van der Waals surface area contributed by atoms with Crippen molar-refractivity contribution in [2.75, 3.05) is 0 Å². The maximum Gasteiger partial charge on any atom is 0.205 e. The van der Waals surface area contributed by atoms with Gasteiger partial charge < -0.3 is 4.98 Å². The molecule has 0 spiro atoms. The Morgan fingerprint density at radius 1 is 1.27 bits per heavy atom. The van der Waals surface area contributed by atoms with Crippen LogP contribution in [0.5, 0.6) is 0 Å². The van der Waals surface area contributed by atoms with Crippen molar-refractivity contribution in [3.63, 3.8) is 0 Å². The Bertz CT molecular complexity index is 938. The average Bonchev–Trinajstić information content (AvgIpc) is 3.11. The minimum absolute atomic E-state index is 0.158. The number of fused-ring (bicyclic) bond motifs is 1. The fraction of sp³-hybridized carbons (Fsp3) is 0.111. The van der Waals surface area contributed by atoms with Gasteiger partial charge in [-0.3, -0.25) is 4.79 Å². The van der Waals surface area contributed by atoms with E-state index in [0.29, 0.717) is 5.56 Å². The number of nitrogens with one attached hydrogen (secondary N) is 1. The van der Waals surface area contributed by atoms with Gasteiger partial charge in [0.25, 0.3) is 0 Å². The summed E-state index contributed by atoms with van der Waals surface area (Å²) >= 11 is 1.57. The Morgan fingerprint density at radius 2 is 2.09 bits per heavy atom. The number of aromatic nitrogens is 1. The van der Waals surface area contributed by atoms with E-state index < -0.39 is 0 Å². The van der Waals surface area contributed by atoms with Gasteiger partial charge in [0.1, 0.15) is 11.6 Å². The molecule has 0 fully saturated rings. The van der Waals surface area contributed by atoms with Gasteiger partial charge in [-0.05, 0) is 43.7 Å². The van der Waals surface area contributed by atoms with Crippen LogP contribution in [-0.4, -0.2) is 10.8 Å². The first kappa shape index (κ1) is 14.3. The summed E-state index contributed by atoms with van der Waals surface area (Å²) in [6, 6.07) is 11.8. The Morgan fingerprint density at radius 3 is 2.77 bits per heavy atom. The van der Waals surface area contributed by atoms with Crippen LogP contribution >= 0.6 is 11.3 Å². The highest BCUT2D eigenvalue weighted by Crippen LogP contribution is 2.26. The quantitative estimate of drug-likeness (QED) is 0.435. The second-order valence-corrected chi connectivity index (χ2v) is 6.47. The number of aromatic amines is 1. The van der Waals surface area contributed by atoms with Gasteiger partial charge in [0.15, 0.2) is 0 Å². The van der Waals surface area contributed by atoms with E-state index in [9.17, 15) is 10.1 Å². The fourth-order valence-corrected chi connectivity index (χ4v) is 3.33. The Kier molecular flexibility index (Phi) is 3.66. The Hall–Kier alpha value is -2.64. The van der Waals surface area contributed by atoms with Crippen LogP contribution in [0.1, 0.15) is 25.7 Å². The molecule has 2 aromatic heterocycles. The number of hydrogen-bond donors (Lipinski definition) is 1. The van der Waals surface area contributed by atoms with Crippen molar-refractivity contribution in [3.8, 4) is 6.07 Å². The summed E-state index contributed by atoms with van der Waals surface area (Å²) in [4.78, 5) is 17.9. The number of nitrogens with zero attached hydrogens (tertiary/aromatic N) is 1. The lowest BCUT2D eigenvalue weighted by Crippen LogP contribution is -2.01. The van der Waals surface area contributed by atoms with Gasteiger partial charge in [-0.25, -0.2) is 0 Å². The van der Waals surface area contributed by atoms with Crippen molar-refractivity contribution in [1.82, 2.24) is 4.98 Å². The third-order valence-corrected chi connectivity index (χ3v) is 4.52. The molecular weight excluding hydrogens is 292 g/mol. The molecule has 0 saturated heterocycles. The van der Waals surface area contributed by atoms with E-state index in [0.717, 1.165) is 26.2 Å². The lowest BCUT2D eigenvalue weighted by Gasteiger charge is -2.00. The van der Waals surface area contributed by atoms with Gasteiger partial charge in [0, 0.05) is 32.4 Å². The number of rotatable bonds is 3. The molecule has 3 nitrogen and oxygen atoms in total. The number of allylic oxidation sites excluding steroid dienone is 1. The monoisotopic (exact) mass is 306 g/mol. The smallest absolute Gasteiger partial charge is 0.205 e. The number of carbonyl (C=O) groups excluding carboxylic acids is 1. The minimum atomic E-state index is -0.242. The molecule has 0 bridgehead atoms. The third kappa shape index (κ3) is 2.47. The Balaban J connectivity index is 2.08. The molecule has 0 saturated carbocycles. The van der Waals surface area contributed by atoms with Crippen molar-refractivity contribution in [2.24, 2.45) is 0 Å². The van der Waals surface area contributed by atoms with Crippen LogP contribution in [0.3, 0.4) is 0 Å². The van der Waals surface area contributed by atoms with Crippen LogP contribution in [0.2, 0.25) is 0 Å². The van der Waals surface area contributed by atoms with Crippen LogP contribution in [0, 0.1) is 25.2 Å². The molecular formula is C18H14N2OS. The predicted molar refractivity (Wildman–Crippen MR) is 90.0 cm³/mol. The standard InChI is InChI=1S/C18H14N2OS/c1-11-4-3-5-16-17(11)15(10-20-16)18(21)13(9-19)8-14-7-6-12(2)22-14/h3-8,10,20H,1-2H3/b13-8+. The SMILES string of the molecule is Cc1ccc(/C=C(\C#N)C(=O)c2c[nH]c3cccc(C)c23)s1. The molecule has 4 heteroatoms. The zero-order chi connectivity index (χ0) is 15.7. The van der Waals surface area contributed by atoms with E-state index in [-0.39, 0.29) is 11.4 Å². The van der Waals surface area contributed by atoms with Gasteiger partial charge in [-0.15, -0.1) is 11.3 Å². The second-order valence-electron chi connectivity index (χ2n) is 5.15. The number of ketones is 1. The molecule has 108 valence electrons. The van der Waals surface area contributed by atoms with E-state index in [4.69, 9.17) is 0 Å². The van der Waals surface area contributed by atoms with Crippen LogP contribution in [0.4, 0.5) is 0 Å². The number of nitriles is 1. The number of carbonyl (C=O) groups is 1. The lowest BCUT2D eigenvalue weighted by atomic mass is 10.0. The summed E-state index contributed by atoms with van der Waals surface area (Å²) in [6.45, 7) is 3.96. The number of thiophene rings is 1. The number of aryl methyl sites for hydroxylation is 2. The highest BCUT2D eigenvalue weighted by molar-refractivity contribution is 7.12. The maximum absolute atomic E-state index is 12.7. The van der Waals surface area contributed by atoms with Crippen LogP contribution in [-0.2, 0) is 0 Å². The average molecular weight is 306 g/mol. The lowest BCUT2D eigenvalue weighted by molar-refractivity contribution is 0.104. The van der Waals surface area contributed by atoms with Crippen molar-refractivity contribution >= 4 is 34.1 Å². The molecule has 0 radical (unpaired) electrons. The molecule has 1 aromatic carbocycles. The van der Waals surface area contributed by atoms with E-state index in [2.05, 4.69) is 4.98 Å². The molecule has 0 atom stereocenters. The van der Waals surface area contributed by atoms with Gasteiger partial charge in [0.2, 0.25) is 5.78 Å². The molecule has 3 aromatic rings.